The van der Waals surface area contributed by atoms with Crippen LogP contribution in [-0.4, -0.2) is 12.2 Å². The van der Waals surface area contributed by atoms with Crippen molar-refractivity contribution in [3.8, 4) is 0 Å². The number of halogens is 1. The fourth-order valence-corrected chi connectivity index (χ4v) is 2.70. The number of rotatable bonds is 4. The Morgan fingerprint density at radius 3 is 2.43 bits per heavy atom. The Kier molecular flexibility index (Phi) is 5.48. The zero-order valence-corrected chi connectivity index (χ0v) is 14.7. The normalized spacial score (nSPS) is 12.0. The highest BCUT2D eigenvalue weighted by molar-refractivity contribution is 9.10. The molecule has 2 aromatic carbocycles. The minimum absolute atomic E-state index is 0.0163. The van der Waals surface area contributed by atoms with Crippen LogP contribution >= 0.6 is 27.7 Å². The SMILES string of the molecule is CSc1ccc(C(C)NC(=O)c2ccc(Br)c(C)c2)cc1. The third-order valence-corrected chi connectivity index (χ3v) is 5.02. The molecule has 21 heavy (non-hydrogen) atoms. The molecule has 0 fully saturated rings. The van der Waals surface area contributed by atoms with Gasteiger partial charge < -0.3 is 5.32 Å². The number of aryl methyl sites for hydroxylation is 1. The van der Waals surface area contributed by atoms with Gasteiger partial charge in [-0.15, -0.1) is 11.8 Å². The molecule has 0 saturated carbocycles. The van der Waals surface area contributed by atoms with Crippen molar-refractivity contribution < 1.29 is 4.79 Å². The summed E-state index contributed by atoms with van der Waals surface area (Å²) >= 11 is 5.16. The molecule has 1 unspecified atom stereocenters. The van der Waals surface area contributed by atoms with Gasteiger partial charge in [-0.3, -0.25) is 4.79 Å². The summed E-state index contributed by atoms with van der Waals surface area (Å²) in [6.45, 7) is 3.98. The molecule has 0 aliphatic heterocycles. The number of thioether (sulfide) groups is 1. The predicted octanol–water partition coefficient (Wildman–Crippen LogP) is 4.97. The van der Waals surface area contributed by atoms with Crippen LogP contribution in [0, 0.1) is 6.92 Å². The van der Waals surface area contributed by atoms with Crippen molar-refractivity contribution in [2.75, 3.05) is 6.26 Å². The predicted molar refractivity (Wildman–Crippen MR) is 93.0 cm³/mol. The molecule has 4 heteroatoms. The average Bonchev–Trinajstić information content (AvgIpc) is 2.50. The van der Waals surface area contributed by atoms with Crippen LogP contribution in [0.2, 0.25) is 0 Å². The Hall–Kier alpha value is -1.26. The maximum absolute atomic E-state index is 12.3. The van der Waals surface area contributed by atoms with Crippen LogP contribution in [0.1, 0.15) is 34.5 Å². The lowest BCUT2D eigenvalue weighted by atomic mass is 10.1. The Morgan fingerprint density at radius 2 is 1.86 bits per heavy atom. The highest BCUT2D eigenvalue weighted by Gasteiger charge is 2.12. The van der Waals surface area contributed by atoms with Crippen LogP contribution in [0.5, 0.6) is 0 Å². The van der Waals surface area contributed by atoms with Gasteiger partial charge in [0.2, 0.25) is 0 Å². The van der Waals surface area contributed by atoms with E-state index in [4.69, 9.17) is 0 Å². The van der Waals surface area contributed by atoms with Crippen LogP contribution < -0.4 is 5.32 Å². The lowest BCUT2D eigenvalue weighted by molar-refractivity contribution is 0.0940. The Balaban J connectivity index is 2.08. The van der Waals surface area contributed by atoms with Gasteiger partial charge in [-0.25, -0.2) is 0 Å². The Morgan fingerprint density at radius 1 is 1.19 bits per heavy atom. The molecule has 1 N–H and O–H groups in total. The van der Waals surface area contributed by atoms with E-state index in [1.165, 1.54) is 4.90 Å². The molecular formula is C17H18BrNOS. The van der Waals surface area contributed by atoms with Crippen molar-refractivity contribution in [1.82, 2.24) is 5.32 Å². The van der Waals surface area contributed by atoms with Crippen LogP contribution in [0.25, 0.3) is 0 Å². The first kappa shape index (κ1) is 16.1. The van der Waals surface area contributed by atoms with Crippen LogP contribution in [-0.2, 0) is 0 Å². The zero-order chi connectivity index (χ0) is 15.4. The van der Waals surface area contributed by atoms with Gasteiger partial charge in [-0.05, 0) is 61.6 Å². The van der Waals surface area contributed by atoms with Gasteiger partial charge in [0.25, 0.3) is 5.91 Å². The minimum atomic E-state index is -0.0490. The number of benzene rings is 2. The monoisotopic (exact) mass is 363 g/mol. The second-order valence-electron chi connectivity index (χ2n) is 4.93. The van der Waals surface area contributed by atoms with Gasteiger partial charge in [-0.1, -0.05) is 28.1 Å². The van der Waals surface area contributed by atoms with Crippen molar-refractivity contribution >= 4 is 33.6 Å². The van der Waals surface area contributed by atoms with E-state index in [9.17, 15) is 4.79 Å². The molecule has 2 nitrogen and oxygen atoms in total. The topological polar surface area (TPSA) is 29.1 Å². The molecular weight excluding hydrogens is 346 g/mol. The lowest BCUT2D eigenvalue weighted by Crippen LogP contribution is -2.26. The standard InChI is InChI=1S/C17H18BrNOS/c1-11-10-14(6-9-16(11)18)17(20)19-12(2)13-4-7-15(21-3)8-5-13/h4-10,12H,1-3H3,(H,19,20). The fourth-order valence-electron chi connectivity index (χ4n) is 2.04. The lowest BCUT2D eigenvalue weighted by Gasteiger charge is -2.15. The molecule has 0 spiro atoms. The molecule has 0 aliphatic carbocycles. The highest BCUT2D eigenvalue weighted by atomic mass is 79.9. The minimum Gasteiger partial charge on any atom is -0.346 e. The zero-order valence-electron chi connectivity index (χ0n) is 12.3. The van der Waals surface area contributed by atoms with E-state index in [1.807, 2.05) is 32.0 Å². The van der Waals surface area contributed by atoms with E-state index in [0.717, 1.165) is 15.6 Å². The molecule has 1 amide bonds. The van der Waals surface area contributed by atoms with Crippen LogP contribution in [0.15, 0.2) is 51.8 Å². The summed E-state index contributed by atoms with van der Waals surface area (Å²) in [4.78, 5) is 13.5. The molecule has 0 aromatic heterocycles. The summed E-state index contributed by atoms with van der Waals surface area (Å²) in [5.74, 6) is -0.0490. The van der Waals surface area contributed by atoms with Crippen LogP contribution in [0.4, 0.5) is 0 Å². The molecule has 0 saturated heterocycles. The molecule has 1 atom stereocenters. The second kappa shape index (κ2) is 7.14. The van der Waals surface area contributed by atoms with Gasteiger partial charge in [0.05, 0.1) is 6.04 Å². The van der Waals surface area contributed by atoms with Gasteiger partial charge in [0, 0.05) is 14.9 Å². The summed E-state index contributed by atoms with van der Waals surface area (Å²) in [6, 6.07) is 13.9. The Bertz CT molecular complexity index is 640. The van der Waals surface area contributed by atoms with Crippen molar-refractivity contribution in [2.24, 2.45) is 0 Å². The number of hydrogen-bond donors (Lipinski definition) is 1. The molecule has 0 radical (unpaired) electrons. The van der Waals surface area contributed by atoms with E-state index in [-0.39, 0.29) is 11.9 Å². The van der Waals surface area contributed by atoms with Gasteiger partial charge in [-0.2, -0.15) is 0 Å². The molecule has 2 aromatic rings. The number of carbonyl (C=O) groups excluding carboxylic acids is 1. The van der Waals surface area contributed by atoms with E-state index in [0.29, 0.717) is 5.56 Å². The second-order valence-corrected chi connectivity index (χ2v) is 6.67. The van der Waals surface area contributed by atoms with E-state index >= 15 is 0 Å². The summed E-state index contributed by atoms with van der Waals surface area (Å²) in [7, 11) is 0. The number of nitrogens with one attached hydrogen (secondary N) is 1. The van der Waals surface area contributed by atoms with E-state index in [2.05, 4.69) is 51.8 Å². The number of hydrogen-bond acceptors (Lipinski definition) is 2. The maximum Gasteiger partial charge on any atom is 0.251 e. The molecule has 0 heterocycles. The van der Waals surface area contributed by atoms with Crippen molar-refractivity contribution in [3.05, 3.63) is 63.6 Å². The molecule has 110 valence electrons. The van der Waals surface area contributed by atoms with E-state index in [1.54, 1.807) is 11.8 Å². The van der Waals surface area contributed by atoms with Gasteiger partial charge in [0.1, 0.15) is 0 Å². The van der Waals surface area contributed by atoms with Crippen molar-refractivity contribution in [1.29, 1.82) is 0 Å². The molecule has 2 rings (SSSR count). The summed E-state index contributed by atoms with van der Waals surface area (Å²) in [5.41, 5.74) is 2.85. The largest absolute Gasteiger partial charge is 0.346 e. The Labute approximate surface area is 138 Å². The van der Waals surface area contributed by atoms with E-state index < -0.39 is 0 Å². The van der Waals surface area contributed by atoms with Crippen LogP contribution in [0.3, 0.4) is 0 Å². The summed E-state index contributed by atoms with van der Waals surface area (Å²) < 4.78 is 1.01. The average molecular weight is 364 g/mol. The summed E-state index contributed by atoms with van der Waals surface area (Å²) in [5, 5.41) is 3.04. The molecule has 0 aliphatic rings. The highest BCUT2D eigenvalue weighted by Crippen LogP contribution is 2.20. The smallest absolute Gasteiger partial charge is 0.251 e. The van der Waals surface area contributed by atoms with Crippen molar-refractivity contribution in [3.63, 3.8) is 0 Å². The third-order valence-electron chi connectivity index (χ3n) is 3.38. The first-order valence-corrected chi connectivity index (χ1v) is 8.74. The number of carbonyl (C=O) groups is 1. The third kappa shape index (κ3) is 4.11. The summed E-state index contributed by atoms with van der Waals surface area (Å²) in [6.07, 6.45) is 2.05. The maximum atomic E-state index is 12.3. The first-order valence-electron chi connectivity index (χ1n) is 6.72. The van der Waals surface area contributed by atoms with Gasteiger partial charge in [0.15, 0.2) is 0 Å². The first-order chi connectivity index (χ1) is 10.0. The number of amides is 1. The van der Waals surface area contributed by atoms with Gasteiger partial charge >= 0.3 is 0 Å². The quantitative estimate of drug-likeness (QED) is 0.776. The fraction of sp³-hybridized carbons (Fsp3) is 0.235. The van der Waals surface area contributed by atoms with Crippen molar-refractivity contribution in [2.45, 2.75) is 24.8 Å². The molecule has 0 bridgehead atoms.